The van der Waals surface area contributed by atoms with Crippen LogP contribution in [-0.2, 0) is 0 Å². The quantitative estimate of drug-likeness (QED) is 0.388. The van der Waals surface area contributed by atoms with Gasteiger partial charge in [-0.3, -0.25) is 0 Å². The van der Waals surface area contributed by atoms with Gasteiger partial charge >= 0.3 is 70.4 Å². The van der Waals surface area contributed by atoms with Crippen molar-refractivity contribution in [1.29, 1.82) is 0 Å². The Bertz CT molecular complexity index is 3.61. The van der Waals surface area contributed by atoms with Crippen LogP contribution in [0.25, 0.3) is 0 Å². The molecule has 0 fully saturated rings. The van der Waals surface area contributed by atoms with Crippen LogP contribution in [0.4, 0.5) is 0 Å². The van der Waals surface area contributed by atoms with Crippen LogP contribution in [0.3, 0.4) is 0 Å². The van der Waals surface area contributed by atoms with Gasteiger partial charge in [0.05, 0.1) is 0 Å². The van der Waals surface area contributed by atoms with Crippen LogP contribution < -0.4 is 0 Å². The zero-order chi connectivity index (χ0) is 0. The van der Waals surface area contributed by atoms with Crippen molar-refractivity contribution in [3.05, 3.63) is 0 Å². The second-order valence-electron chi connectivity index (χ2n) is 0. The van der Waals surface area contributed by atoms with E-state index < -0.39 is 0 Å². The van der Waals surface area contributed by atoms with E-state index in [1.54, 1.807) is 0 Å². The predicted molar refractivity (Wildman–Crippen MR) is 51.1 cm³/mol. The van der Waals surface area contributed by atoms with Crippen LogP contribution in [-0.4, -0.2) is 99.9 Å². The molecule has 0 unspecified atom stereocenters. The molecule has 0 aliphatic heterocycles. The number of rotatable bonds is 0. The Morgan fingerprint density at radius 1 is 0.400 bits per heavy atom. The first-order valence-electron chi connectivity index (χ1n) is 0. The van der Waals surface area contributed by atoms with Crippen molar-refractivity contribution < 1.29 is 0 Å². The Kier molecular flexibility index (Phi) is 227. The molecule has 5 heavy (non-hydrogen) atoms. The van der Waals surface area contributed by atoms with Gasteiger partial charge in [-0.2, -0.15) is 0 Å². The summed E-state index contributed by atoms with van der Waals surface area (Å²) in [5.41, 5.74) is 0. The van der Waals surface area contributed by atoms with Crippen molar-refractivity contribution >= 4 is 99.9 Å². The second-order valence-corrected chi connectivity index (χ2v) is 0. The molecule has 33 valence electrons. The molecule has 0 aliphatic rings. The Morgan fingerprint density at radius 3 is 0.400 bits per heavy atom. The number of hydrogen-bond acceptors (Lipinski definition) is 0. The summed E-state index contributed by atoms with van der Waals surface area (Å²) >= 11 is 0. The van der Waals surface area contributed by atoms with Crippen molar-refractivity contribution in [2.24, 2.45) is 0 Å². The van der Waals surface area contributed by atoms with E-state index in [1.807, 2.05) is 0 Å². The molecule has 0 amide bonds. The average Bonchev–Trinajstić information content (AvgIpc) is 0. The van der Waals surface area contributed by atoms with Crippen molar-refractivity contribution in [1.82, 2.24) is 0 Å². The van der Waals surface area contributed by atoms with E-state index in [4.69, 9.17) is 0 Å². The maximum atomic E-state index is 0. The van der Waals surface area contributed by atoms with Gasteiger partial charge in [0.1, 0.15) is 0 Å². The minimum absolute atomic E-state index is 0. The third-order valence-corrected chi connectivity index (χ3v) is 0. The van der Waals surface area contributed by atoms with Crippen molar-refractivity contribution in [2.45, 2.75) is 0 Å². The maximum absolute atomic E-state index is 0. The molecule has 0 nitrogen and oxygen atoms in total. The van der Waals surface area contributed by atoms with E-state index in [0.29, 0.717) is 0 Å². The van der Waals surface area contributed by atoms with Crippen LogP contribution in [0.1, 0.15) is 0 Å². The third kappa shape index (κ3) is 19.1. The van der Waals surface area contributed by atoms with Gasteiger partial charge < -0.3 is 0 Å². The molecule has 0 heterocycles. The molecule has 0 bridgehead atoms. The molecule has 5 heteroatoms. The Morgan fingerprint density at radius 2 is 0.400 bits per heavy atom. The molecular weight excluding hydrogens is 313 g/mol. The van der Waals surface area contributed by atoms with Crippen molar-refractivity contribution in [2.75, 3.05) is 0 Å². The van der Waals surface area contributed by atoms with Crippen LogP contribution >= 0.6 is 0 Å². The molecule has 0 aromatic rings. The Balaban J connectivity index is 0. The van der Waals surface area contributed by atoms with E-state index in [-0.39, 0.29) is 99.9 Å². The third-order valence-electron chi connectivity index (χ3n) is 0. The monoisotopic (exact) mass is 335 g/mol. The van der Waals surface area contributed by atoms with E-state index in [1.165, 1.54) is 0 Å². The standard InChI is InChI=1S/4GeH4.Na/h4*1H4;. The summed E-state index contributed by atoms with van der Waals surface area (Å²) in [5.74, 6) is 0. The van der Waals surface area contributed by atoms with Gasteiger partial charge in [-0.1, -0.05) is 0 Å². The molecule has 0 aliphatic carbocycles. The van der Waals surface area contributed by atoms with E-state index in [2.05, 4.69) is 0 Å². The van der Waals surface area contributed by atoms with Crippen LogP contribution in [0.5, 0.6) is 0 Å². The molecule has 0 saturated carbocycles. The normalized spacial score (nSPS) is 0. The SMILES string of the molecule is [GeH4].[GeH4].[GeH4].[GeH4].[Na]. The summed E-state index contributed by atoms with van der Waals surface area (Å²) in [7, 11) is 0. The second kappa shape index (κ2) is 27.2. The van der Waals surface area contributed by atoms with Gasteiger partial charge in [0, 0.05) is 29.6 Å². The fourth-order valence-electron chi connectivity index (χ4n) is 0. The average molecular weight is 330 g/mol. The van der Waals surface area contributed by atoms with Crippen LogP contribution in [0, 0.1) is 0 Å². The summed E-state index contributed by atoms with van der Waals surface area (Å²) in [5, 5.41) is 0. The molecule has 0 rings (SSSR count). The van der Waals surface area contributed by atoms with Gasteiger partial charge in [0.15, 0.2) is 0 Å². The molecule has 0 aromatic carbocycles. The smallest absolute Gasteiger partial charge is 0 e. The predicted octanol–water partition coefficient (Wildman–Crippen LogP) is -6.19. The summed E-state index contributed by atoms with van der Waals surface area (Å²) in [6.07, 6.45) is 0. The Hall–Kier alpha value is 3.17. The first-order chi connectivity index (χ1) is 0. The largest absolute Gasteiger partial charge is 0 e. The molecule has 1 radical (unpaired) electrons. The van der Waals surface area contributed by atoms with Crippen molar-refractivity contribution in [3.63, 3.8) is 0 Å². The van der Waals surface area contributed by atoms with E-state index in [9.17, 15) is 0 Å². The molecular formula is H16Ge4Na. The minimum atomic E-state index is 0. The Labute approximate surface area is 98.2 Å². The molecule has 0 N–H and O–H groups in total. The summed E-state index contributed by atoms with van der Waals surface area (Å²) in [6, 6.07) is 0. The molecule has 0 aromatic heterocycles. The minimum Gasteiger partial charge on any atom is 0 e. The van der Waals surface area contributed by atoms with E-state index >= 15 is 0 Å². The summed E-state index contributed by atoms with van der Waals surface area (Å²) in [6.45, 7) is 0. The topological polar surface area (TPSA) is 0 Å². The van der Waals surface area contributed by atoms with Gasteiger partial charge in [0.2, 0.25) is 0 Å². The first-order valence-corrected chi connectivity index (χ1v) is 0. The van der Waals surface area contributed by atoms with Crippen LogP contribution in [0.2, 0.25) is 0 Å². The maximum Gasteiger partial charge on any atom is 0 e. The molecule has 0 spiro atoms. The van der Waals surface area contributed by atoms with Gasteiger partial charge in [0.25, 0.3) is 0 Å². The van der Waals surface area contributed by atoms with Gasteiger partial charge in [-0.15, -0.1) is 0 Å². The van der Waals surface area contributed by atoms with Crippen molar-refractivity contribution in [3.8, 4) is 0 Å². The molecule has 0 atom stereocenters. The fourth-order valence-corrected chi connectivity index (χ4v) is 0. The zero-order valence-electron chi connectivity index (χ0n) is 1.00. The van der Waals surface area contributed by atoms with E-state index in [0.717, 1.165) is 0 Å². The first kappa shape index (κ1) is 41.8. The zero-order valence-corrected chi connectivity index (χ0v) is 3.00. The van der Waals surface area contributed by atoms with Gasteiger partial charge in [-0.25, -0.2) is 0 Å². The fraction of sp³-hybridized carbons (Fsp3) is 0. The summed E-state index contributed by atoms with van der Waals surface area (Å²) < 4.78 is 0. The summed E-state index contributed by atoms with van der Waals surface area (Å²) in [4.78, 5) is 0. The van der Waals surface area contributed by atoms with Crippen LogP contribution in [0.15, 0.2) is 0 Å². The number of hydrogen-bond donors (Lipinski definition) is 0. The molecule has 0 saturated heterocycles. The van der Waals surface area contributed by atoms with Gasteiger partial charge in [-0.05, 0) is 0 Å².